The van der Waals surface area contributed by atoms with Crippen molar-refractivity contribution in [3.05, 3.63) is 35.9 Å². The topological polar surface area (TPSA) is 38.3 Å². The van der Waals surface area contributed by atoms with E-state index in [0.717, 1.165) is 6.42 Å². The van der Waals surface area contributed by atoms with E-state index >= 15 is 0 Å². The Hall–Kier alpha value is -1.51. The van der Waals surface area contributed by atoms with E-state index in [1.54, 1.807) is 0 Å². The highest BCUT2D eigenvalue weighted by Crippen LogP contribution is 2.16. The van der Waals surface area contributed by atoms with Gasteiger partial charge in [0.2, 0.25) is 0 Å². The van der Waals surface area contributed by atoms with Gasteiger partial charge in [0, 0.05) is 6.54 Å². The van der Waals surface area contributed by atoms with Gasteiger partial charge in [-0.1, -0.05) is 58.0 Å². The number of benzene rings is 1. The molecule has 0 heterocycles. The highest BCUT2D eigenvalue weighted by Gasteiger charge is 2.21. The Kier molecular flexibility index (Phi) is 6.40. The van der Waals surface area contributed by atoms with Gasteiger partial charge in [0.1, 0.15) is 6.10 Å². The minimum atomic E-state index is -0.316. The van der Waals surface area contributed by atoms with Gasteiger partial charge in [0.25, 0.3) is 0 Å². The predicted molar refractivity (Wildman–Crippen MR) is 78.1 cm³/mol. The van der Waals surface area contributed by atoms with Gasteiger partial charge in [-0.15, -0.1) is 0 Å². The Morgan fingerprint density at radius 2 is 1.68 bits per heavy atom. The average molecular weight is 263 g/mol. The van der Waals surface area contributed by atoms with Gasteiger partial charge >= 0.3 is 6.09 Å². The summed E-state index contributed by atoms with van der Waals surface area (Å²) in [5.74, 6) is 0.666. The predicted octanol–water partition coefficient (Wildman–Crippen LogP) is 3.64. The fourth-order valence-electron chi connectivity index (χ4n) is 2.16. The van der Waals surface area contributed by atoms with Crippen LogP contribution in [0.2, 0.25) is 0 Å². The van der Waals surface area contributed by atoms with Crippen LogP contribution in [0.15, 0.2) is 30.3 Å². The molecule has 0 atom stereocenters. The summed E-state index contributed by atoms with van der Waals surface area (Å²) in [6.07, 6.45) is 0.476. The minimum Gasteiger partial charge on any atom is -0.446 e. The normalized spacial score (nSPS) is 11.1. The van der Waals surface area contributed by atoms with Crippen LogP contribution in [0.25, 0.3) is 0 Å². The second-order valence-electron chi connectivity index (χ2n) is 5.52. The largest absolute Gasteiger partial charge is 0.446 e. The Balaban J connectivity index is 2.31. The number of amides is 1. The van der Waals surface area contributed by atoms with Crippen molar-refractivity contribution in [1.82, 2.24) is 5.32 Å². The maximum atomic E-state index is 11.7. The molecule has 0 bridgehead atoms. The highest BCUT2D eigenvalue weighted by molar-refractivity contribution is 5.67. The molecule has 0 aliphatic rings. The van der Waals surface area contributed by atoms with Crippen LogP contribution in [0, 0.1) is 11.8 Å². The molecule has 0 saturated heterocycles. The van der Waals surface area contributed by atoms with E-state index in [0.29, 0.717) is 18.4 Å². The molecule has 1 amide bonds. The number of rotatable bonds is 6. The zero-order valence-electron chi connectivity index (χ0n) is 12.3. The molecular weight excluding hydrogens is 238 g/mol. The monoisotopic (exact) mass is 263 g/mol. The average Bonchev–Trinajstić information content (AvgIpc) is 2.36. The molecule has 1 N–H and O–H groups in total. The van der Waals surface area contributed by atoms with Gasteiger partial charge < -0.3 is 10.1 Å². The summed E-state index contributed by atoms with van der Waals surface area (Å²) in [5.41, 5.74) is 1.21. The van der Waals surface area contributed by atoms with Crippen LogP contribution in [0.5, 0.6) is 0 Å². The Labute approximate surface area is 116 Å². The van der Waals surface area contributed by atoms with Gasteiger partial charge in [-0.3, -0.25) is 0 Å². The number of ether oxygens (including phenoxy) is 1. The lowest BCUT2D eigenvalue weighted by atomic mass is 9.96. The van der Waals surface area contributed by atoms with Crippen molar-refractivity contribution in [2.75, 3.05) is 6.54 Å². The van der Waals surface area contributed by atoms with Crippen LogP contribution in [-0.2, 0) is 11.2 Å². The van der Waals surface area contributed by atoms with Gasteiger partial charge in [-0.25, -0.2) is 4.79 Å². The van der Waals surface area contributed by atoms with Crippen molar-refractivity contribution in [2.45, 2.75) is 40.2 Å². The van der Waals surface area contributed by atoms with E-state index in [1.165, 1.54) is 5.56 Å². The molecule has 0 aromatic heterocycles. The third-order valence-corrected chi connectivity index (χ3v) is 3.08. The fourth-order valence-corrected chi connectivity index (χ4v) is 2.16. The van der Waals surface area contributed by atoms with Gasteiger partial charge in [-0.05, 0) is 23.8 Å². The maximum absolute atomic E-state index is 11.7. The standard InChI is InChI=1S/C16H25NO2/c1-12(2)15(13(3)4)19-16(18)17-11-10-14-8-6-5-7-9-14/h5-9,12-13,15H,10-11H2,1-4H3,(H,17,18). The van der Waals surface area contributed by atoms with E-state index in [9.17, 15) is 4.79 Å². The summed E-state index contributed by atoms with van der Waals surface area (Å²) in [5, 5.41) is 2.81. The van der Waals surface area contributed by atoms with Crippen molar-refractivity contribution in [3.8, 4) is 0 Å². The van der Waals surface area contributed by atoms with E-state index < -0.39 is 0 Å². The Bertz CT molecular complexity index is 366. The summed E-state index contributed by atoms with van der Waals surface area (Å²) < 4.78 is 5.46. The third-order valence-electron chi connectivity index (χ3n) is 3.08. The van der Waals surface area contributed by atoms with Gasteiger partial charge in [0.15, 0.2) is 0 Å². The van der Waals surface area contributed by atoms with Crippen LogP contribution in [0.1, 0.15) is 33.3 Å². The molecule has 0 unspecified atom stereocenters. The summed E-state index contributed by atoms with van der Waals surface area (Å²) in [4.78, 5) is 11.7. The molecular formula is C16H25NO2. The first kappa shape index (κ1) is 15.5. The number of hydrogen-bond acceptors (Lipinski definition) is 2. The SMILES string of the molecule is CC(C)C(OC(=O)NCCc1ccccc1)C(C)C. The molecule has 0 spiro atoms. The molecule has 0 saturated carbocycles. The summed E-state index contributed by atoms with van der Waals surface area (Å²) in [6, 6.07) is 10.1. The molecule has 106 valence electrons. The van der Waals surface area contributed by atoms with Crippen LogP contribution < -0.4 is 5.32 Å². The molecule has 1 rings (SSSR count). The lowest BCUT2D eigenvalue weighted by Gasteiger charge is -2.24. The number of alkyl carbamates (subject to hydrolysis) is 1. The lowest BCUT2D eigenvalue weighted by Crippen LogP contribution is -2.35. The molecule has 3 heteroatoms. The Morgan fingerprint density at radius 3 is 2.21 bits per heavy atom. The van der Waals surface area contributed by atoms with Crippen molar-refractivity contribution < 1.29 is 9.53 Å². The molecule has 0 aliphatic carbocycles. The highest BCUT2D eigenvalue weighted by atomic mass is 16.6. The van der Waals surface area contributed by atoms with Crippen molar-refractivity contribution in [2.24, 2.45) is 11.8 Å². The van der Waals surface area contributed by atoms with Crippen LogP contribution in [-0.4, -0.2) is 18.7 Å². The van der Waals surface area contributed by atoms with E-state index in [2.05, 4.69) is 45.1 Å². The maximum Gasteiger partial charge on any atom is 0.407 e. The van der Waals surface area contributed by atoms with E-state index in [-0.39, 0.29) is 12.2 Å². The summed E-state index contributed by atoms with van der Waals surface area (Å²) in [6.45, 7) is 8.89. The van der Waals surface area contributed by atoms with E-state index in [1.807, 2.05) is 18.2 Å². The van der Waals surface area contributed by atoms with Crippen molar-refractivity contribution >= 4 is 6.09 Å². The minimum absolute atomic E-state index is 0.0308. The third kappa shape index (κ3) is 5.77. The lowest BCUT2D eigenvalue weighted by molar-refractivity contribution is 0.0425. The zero-order valence-corrected chi connectivity index (χ0v) is 12.3. The molecule has 1 aromatic rings. The van der Waals surface area contributed by atoms with Crippen LogP contribution in [0.4, 0.5) is 4.79 Å². The number of hydrogen-bond donors (Lipinski definition) is 1. The van der Waals surface area contributed by atoms with E-state index in [4.69, 9.17) is 4.74 Å². The number of nitrogens with one attached hydrogen (secondary N) is 1. The molecule has 19 heavy (non-hydrogen) atoms. The first-order valence-corrected chi connectivity index (χ1v) is 6.99. The molecule has 0 aliphatic heterocycles. The van der Waals surface area contributed by atoms with Crippen LogP contribution >= 0.6 is 0 Å². The smallest absolute Gasteiger partial charge is 0.407 e. The second kappa shape index (κ2) is 7.82. The first-order valence-electron chi connectivity index (χ1n) is 6.99. The Morgan fingerprint density at radius 1 is 1.11 bits per heavy atom. The zero-order chi connectivity index (χ0) is 14.3. The molecule has 0 radical (unpaired) electrons. The van der Waals surface area contributed by atoms with Gasteiger partial charge in [-0.2, -0.15) is 0 Å². The quantitative estimate of drug-likeness (QED) is 0.851. The van der Waals surface area contributed by atoms with Gasteiger partial charge in [0.05, 0.1) is 0 Å². The van der Waals surface area contributed by atoms with Crippen molar-refractivity contribution in [1.29, 1.82) is 0 Å². The number of carbonyl (C=O) groups excluding carboxylic acids is 1. The molecule has 0 fully saturated rings. The summed E-state index contributed by atoms with van der Waals surface area (Å²) in [7, 11) is 0. The summed E-state index contributed by atoms with van der Waals surface area (Å²) >= 11 is 0. The molecule has 3 nitrogen and oxygen atoms in total. The molecule has 1 aromatic carbocycles. The number of carbonyl (C=O) groups is 1. The fraction of sp³-hybridized carbons (Fsp3) is 0.562. The second-order valence-corrected chi connectivity index (χ2v) is 5.52. The first-order chi connectivity index (χ1) is 9.00. The van der Waals surface area contributed by atoms with Crippen molar-refractivity contribution in [3.63, 3.8) is 0 Å². The van der Waals surface area contributed by atoms with Crippen LogP contribution in [0.3, 0.4) is 0 Å².